The van der Waals surface area contributed by atoms with Crippen LogP contribution in [0.3, 0.4) is 0 Å². The Hall–Kier alpha value is -3.46. The van der Waals surface area contributed by atoms with Crippen LogP contribution in [0.5, 0.6) is 0 Å². The van der Waals surface area contributed by atoms with Crippen molar-refractivity contribution in [3.63, 3.8) is 0 Å². The number of nitrogens with zero attached hydrogens (tertiary/aromatic N) is 4. The number of thioether (sulfide) groups is 1. The van der Waals surface area contributed by atoms with Gasteiger partial charge in [-0.2, -0.15) is 5.10 Å². The summed E-state index contributed by atoms with van der Waals surface area (Å²) in [5.41, 5.74) is 2.11. The second-order valence-electron chi connectivity index (χ2n) is 6.86. The Morgan fingerprint density at radius 2 is 2.03 bits per heavy atom. The lowest BCUT2D eigenvalue weighted by Crippen LogP contribution is -2.17. The van der Waals surface area contributed by atoms with E-state index in [0.717, 1.165) is 29.0 Å². The lowest BCUT2D eigenvalue weighted by Gasteiger charge is -2.12. The molecule has 0 bridgehead atoms. The zero-order chi connectivity index (χ0) is 22.0. The molecule has 4 rings (SSSR count). The Balaban J connectivity index is 1.59. The highest BCUT2D eigenvalue weighted by Gasteiger charge is 2.16. The van der Waals surface area contributed by atoms with Crippen molar-refractivity contribution in [3.8, 4) is 5.69 Å². The fourth-order valence-electron chi connectivity index (χ4n) is 3.20. The van der Waals surface area contributed by atoms with Crippen molar-refractivity contribution in [3.05, 3.63) is 89.4 Å². The van der Waals surface area contributed by atoms with E-state index in [9.17, 15) is 13.6 Å². The highest BCUT2D eigenvalue weighted by atomic mass is 32.2. The van der Waals surface area contributed by atoms with Crippen molar-refractivity contribution in [2.24, 2.45) is 0 Å². The summed E-state index contributed by atoms with van der Waals surface area (Å²) in [6.45, 7) is 1.77. The van der Waals surface area contributed by atoms with Gasteiger partial charge in [-0.15, -0.1) is 0 Å². The maximum absolute atomic E-state index is 14.1. The zero-order valence-electron chi connectivity index (χ0n) is 16.8. The minimum Gasteiger partial charge on any atom is -0.307 e. The summed E-state index contributed by atoms with van der Waals surface area (Å²) in [7, 11) is 0. The number of hydrogen-bond acceptors (Lipinski definition) is 4. The van der Waals surface area contributed by atoms with Gasteiger partial charge in [-0.3, -0.25) is 9.36 Å². The molecule has 0 fully saturated rings. The molecule has 1 amide bonds. The number of benzene rings is 2. The molecule has 158 valence electrons. The summed E-state index contributed by atoms with van der Waals surface area (Å²) >= 11 is 1.50. The molecule has 0 aliphatic heterocycles. The summed E-state index contributed by atoms with van der Waals surface area (Å²) < 4.78 is 30.9. The molecule has 0 atom stereocenters. The van der Waals surface area contributed by atoms with Crippen LogP contribution in [0.25, 0.3) is 5.69 Å². The van der Waals surface area contributed by atoms with E-state index in [-0.39, 0.29) is 18.0 Å². The van der Waals surface area contributed by atoms with Crippen LogP contribution in [0.15, 0.2) is 66.2 Å². The molecule has 2 aromatic heterocycles. The van der Waals surface area contributed by atoms with E-state index in [2.05, 4.69) is 15.4 Å². The maximum Gasteiger partial charge on any atom is 0.256 e. The molecule has 4 aromatic rings. The molecule has 2 heterocycles. The summed E-state index contributed by atoms with van der Waals surface area (Å²) in [5, 5.41) is 7.86. The Kier molecular flexibility index (Phi) is 5.85. The van der Waals surface area contributed by atoms with E-state index in [1.54, 1.807) is 37.5 Å². The van der Waals surface area contributed by atoms with E-state index in [0.29, 0.717) is 16.9 Å². The molecule has 0 aliphatic carbocycles. The second kappa shape index (κ2) is 8.73. The molecular formula is C22H19F2N5OS. The van der Waals surface area contributed by atoms with Crippen molar-refractivity contribution in [2.75, 3.05) is 11.6 Å². The van der Waals surface area contributed by atoms with Crippen LogP contribution in [0.1, 0.15) is 21.5 Å². The van der Waals surface area contributed by atoms with Gasteiger partial charge in [0.05, 0.1) is 12.7 Å². The third kappa shape index (κ3) is 4.36. The topological polar surface area (TPSA) is 64.7 Å². The van der Waals surface area contributed by atoms with E-state index < -0.39 is 11.6 Å². The first-order chi connectivity index (χ1) is 15.0. The standard InChI is InChI=1S/C22H19F2N5OS/c1-14-12-26-29(13-16-10-17(23)6-7-19(16)24)20(14)27-21(30)15-4-3-5-18(11-15)28-9-8-25-22(28)31-2/h3-12H,13H2,1-2H3,(H,27,30). The van der Waals surface area contributed by atoms with E-state index in [1.807, 2.05) is 23.1 Å². The van der Waals surface area contributed by atoms with Crippen LogP contribution in [-0.4, -0.2) is 31.5 Å². The Morgan fingerprint density at radius 3 is 2.84 bits per heavy atom. The fourth-order valence-corrected chi connectivity index (χ4v) is 3.73. The molecule has 0 unspecified atom stereocenters. The predicted octanol–water partition coefficient (Wildman–Crippen LogP) is 4.68. The van der Waals surface area contributed by atoms with Gasteiger partial charge in [-0.05, 0) is 49.6 Å². The number of amides is 1. The van der Waals surface area contributed by atoms with Crippen molar-refractivity contribution in [1.29, 1.82) is 0 Å². The van der Waals surface area contributed by atoms with Crippen molar-refractivity contribution in [2.45, 2.75) is 18.6 Å². The summed E-state index contributed by atoms with van der Waals surface area (Å²) in [6.07, 6.45) is 7.03. The lowest BCUT2D eigenvalue weighted by molar-refractivity contribution is 0.102. The maximum atomic E-state index is 14.1. The largest absolute Gasteiger partial charge is 0.307 e. The Morgan fingerprint density at radius 1 is 1.19 bits per heavy atom. The van der Waals surface area contributed by atoms with Gasteiger partial charge in [-0.1, -0.05) is 17.8 Å². The van der Waals surface area contributed by atoms with Gasteiger partial charge >= 0.3 is 0 Å². The number of aryl methyl sites for hydroxylation is 1. The van der Waals surface area contributed by atoms with Gasteiger partial charge in [0.15, 0.2) is 5.16 Å². The fraction of sp³-hybridized carbons (Fsp3) is 0.136. The summed E-state index contributed by atoms with van der Waals surface area (Å²) in [5.74, 6) is -0.986. The second-order valence-corrected chi connectivity index (χ2v) is 7.63. The van der Waals surface area contributed by atoms with E-state index in [4.69, 9.17) is 0 Å². The van der Waals surface area contributed by atoms with Gasteiger partial charge in [0, 0.05) is 34.8 Å². The summed E-state index contributed by atoms with van der Waals surface area (Å²) in [4.78, 5) is 17.2. The number of anilines is 1. The molecule has 31 heavy (non-hydrogen) atoms. The molecule has 0 saturated carbocycles. The van der Waals surface area contributed by atoms with Gasteiger partial charge in [0.2, 0.25) is 0 Å². The number of aromatic nitrogens is 4. The number of rotatable bonds is 6. The van der Waals surface area contributed by atoms with Gasteiger partial charge < -0.3 is 5.32 Å². The molecule has 9 heteroatoms. The average molecular weight is 439 g/mol. The molecule has 0 radical (unpaired) electrons. The monoisotopic (exact) mass is 439 g/mol. The number of hydrogen-bond donors (Lipinski definition) is 1. The highest BCUT2D eigenvalue weighted by Crippen LogP contribution is 2.21. The van der Waals surface area contributed by atoms with Crippen LogP contribution >= 0.6 is 11.8 Å². The van der Waals surface area contributed by atoms with Crippen molar-refractivity contribution < 1.29 is 13.6 Å². The third-order valence-electron chi connectivity index (χ3n) is 4.76. The van der Waals surface area contributed by atoms with Gasteiger partial charge in [0.25, 0.3) is 5.91 Å². The number of carbonyl (C=O) groups is 1. The van der Waals surface area contributed by atoms with Crippen LogP contribution in [-0.2, 0) is 6.54 Å². The molecule has 6 nitrogen and oxygen atoms in total. The molecule has 2 aromatic carbocycles. The van der Waals surface area contributed by atoms with Crippen molar-refractivity contribution >= 4 is 23.5 Å². The average Bonchev–Trinajstić information content (AvgIpc) is 3.38. The molecule has 0 spiro atoms. The quantitative estimate of drug-likeness (QED) is 0.443. The number of carbonyl (C=O) groups excluding carboxylic acids is 1. The lowest BCUT2D eigenvalue weighted by atomic mass is 10.2. The molecule has 0 aliphatic rings. The van der Waals surface area contributed by atoms with E-state index >= 15 is 0 Å². The first-order valence-electron chi connectivity index (χ1n) is 9.41. The SMILES string of the molecule is CSc1nccn1-c1cccc(C(=O)Nc2c(C)cnn2Cc2cc(F)ccc2F)c1. The zero-order valence-corrected chi connectivity index (χ0v) is 17.7. The number of nitrogens with one attached hydrogen (secondary N) is 1. The van der Waals surface area contributed by atoms with Crippen molar-refractivity contribution in [1.82, 2.24) is 19.3 Å². The van der Waals surface area contributed by atoms with Gasteiger partial charge in [0.1, 0.15) is 17.5 Å². The molecular weight excluding hydrogens is 420 g/mol. The first kappa shape index (κ1) is 20.8. The Labute approximate surface area is 181 Å². The molecule has 0 saturated heterocycles. The van der Waals surface area contributed by atoms with Crippen LogP contribution in [0.2, 0.25) is 0 Å². The minimum atomic E-state index is -0.538. The smallest absolute Gasteiger partial charge is 0.256 e. The normalized spacial score (nSPS) is 11.0. The van der Waals surface area contributed by atoms with Crippen LogP contribution in [0.4, 0.5) is 14.6 Å². The summed E-state index contributed by atoms with van der Waals surface area (Å²) in [6, 6.07) is 10.4. The van der Waals surface area contributed by atoms with E-state index in [1.165, 1.54) is 16.4 Å². The highest BCUT2D eigenvalue weighted by molar-refractivity contribution is 7.98. The third-order valence-corrected chi connectivity index (χ3v) is 5.43. The number of halogens is 2. The minimum absolute atomic E-state index is 0.0147. The van der Waals surface area contributed by atoms with Gasteiger partial charge in [-0.25, -0.2) is 18.4 Å². The molecule has 1 N–H and O–H groups in total. The van der Waals surface area contributed by atoms with Crippen LogP contribution < -0.4 is 5.32 Å². The predicted molar refractivity (Wildman–Crippen MR) is 116 cm³/mol. The Bertz CT molecular complexity index is 1250. The first-order valence-corrected chi connectivity index (χ1v) is 10.6. The van der Waals surface area contributed by atoms with Crippen LogP contribution in [0, 0.1) is 18.6 Å². The number of imidazole rings is 1.